The first kappa shape index (κ1) is 13.8. The van der Waals surface area contributed by atoms with Crippen molar-refractivity contribution in [2.45, 2.75) is 13.3 Å². The monoisotopic (exact) mass is 299 g/mol. The number of rotatable bonds is 2. The van der Waals surface area contributed by atoms with E-state index in [1.807, 2.05) is 25.1 Å². The van der Waals surface area contributed by atoms with Crippen molar-refractivity contribution < 1.29 is 4.79 Å². The molecule has 0 aliphatic carbocycles. The second-order valence-corrected chi connectivity index (χ2v) is 5.18. The van der Waals surface area contributed by atoms with Crippen molar-refractivity contribution in [2.75, 3.05) is 11.4 Å². The second kappa shape index (κ2) is 5.66. The van der Waals surface area contributed by atoms with Crippen molar-refractivity contribution in [2.24, 2.45) is 4.99 Å². The molecule has 1 aromatic carbocycles. The van der Waals surface area contributed by atoms with Crippen molar-refractivity contribution in [3.05, 3.63) is 53.3 Å². The highest BCUT2D eigenvalue weighted by atomic mass is 35.5. The summed E-state index contributed by atoms with van der Waals surface area (Å²) in [5, 5.41) is 0.597. The van der Waals surface area contributed by atoms with Crippen LogP contribution in [-0.2, 0) is 4.79 Å². The number of fused-ring (bicyclic) bond motifs is 1. The highest BCUT2D eigenvalue weighted by molar-refractivity contribution is 6.31. The molecule has 2 aromatic rings. The largest absolute Gasteiger partial charge is 0.310 e. The molecule has 4 nitrogen and oxygen atoms in total. The summed E-state index contributed by atoms with van der Waals surface area (Å²) >= 11 is 6.06. The minimum atomic E-state index is 0.0149. The molecule has 0 saturated heterocycles. The zero-order valence-electron chi connectivity index (χ0n) is 11.6. The van der Waals surface area contributed by atoms with Gasteiger partial charge in [0.2, 0.25) is 5.91 Å². The lowest BCUT2D eigenvalue weighted by atomic mass is 10.1. The van der Waals surface area contributed by atoms with Crippen molar-refractivity contribution >= 4 is 34.6 Å². The molecule has 106 valence electrons. The minimum Gasteiger partial charge on any atom is -0.310 e. The molecule has 0 spiro atoms. The Morgan fingerprint density at radius 1 is 1.33 bits per heavy atom. The first-order valence-electron chi connectivity index (χ1n) is 6.77. The van der Waals surface area contributed by atoms with E-state index in [0.717, 1.165) is 22.6 Å². The fraction of sp³-hybridized carbons (Fsp3) is 0.188. The number of aromatic nitrogens is 1. The van der Waals surface area contributed by atoms with E-state index in [1.54, 1.807) is 29.4 Å². The Kier molecular flexibility index (Phi) is 3.71. The summed E-state index contributed by atoms with van der Waals surface area (Å²) < 4.78 is 0. The fourth-order valence-electron chi connectivity index (χ4n) is 2.41. The SMILES string of the molecule is CCN1C(=O)CC(c2cccnc2)=Nc2ccc(Cl)cc21. The number of amides is 1. The van der Waals surface area contributed by atoms with E-state index in [2.05, 4.69) is 9.98 Å². The summed E-state index contributed by atoms with van der Waals surface area (Å²) in [6, 6.07) is 9.17. The van der Waals surface area contributed by atoms with Gasteiger partial charge in [-0.1, -0.05) is 17.7 Å². The van der Waals surface area contributed by atoms with Crippen LogP contribution in [0.15, 0.2) is 47.7 Å². The van der Waals surface area contributed by atoms with Crippen LogP contribution in [0.2, 0.25) is 5.02 Å². The van der Waals surface area contributed by atoms with E-state index in [1.165, 1.54) is 0 Å². The lowest BCUT2D eigenvalue weighted by Crippen LogP contribution is -2.31. The van der Waals surface area contributed by atoms with Gasteiger partial charge in [-0.3, -0.25) is 14.8 Å². The number of aliphatic imine (C=N–C) groups is 1. The molecule has 2 heterocycles. The van der Waals surface area contributed by atoms with E-state index >= 15 is 0 Å². The summed E-state index contributed by atoms with van der Waals surface area (Å²) in [6.45, 7) is 2.53. The maximum absolute atomic E-state index is 12.5. The summed E-state index contributed by atoms with van der Waals surface area (Å²) in [5.41, 5.74) is 3.11. The highest BCUT2D eigenvalue weighted by Crippen LogP contribution is 2.35. The maximum Gasteiger partial charge on any atom is 0.233 e. The number of hydrogen-bond donors (Lipinski definition) is 0. The van der Waals surface area contributed by atoms with Gasteiger partial charge in [0.05, 0.1) is 23.5 Å². The molecule has 0 N–H and O–H groups in total. The van der Waals surface area contributed by atoms with Gasteiger partial charge in [-0.05, 0) is 31.2 Å². The topological polar surface area (TPSA) is 45.6 Å². The molecular weight excluding hydrogens is 286 g/mol. The van der Waals surface area contributed by atoms with Crippen LogP contribution < -0.4 is 4.90 Å². The lowest BCUT2D eigenvalue weighted by Gasteiger charge is -2.20. The van der Waals surface area contributed by atoms with Gasteiger partial charge < -0.3 is 4.90 Å². The summed E-state index contributed by atoms with van der Waals surface area (Å²) in [6.07, 6.45) is 3.68. The molecule has 1 aliphatic heterocycles. The second-order valence-electron chi connectivity index (χ2n) is 4.75. The molecule has 0 fully saturated rings. The molecule has 1 aromatic heterocycles. The molecule has 0 bridgehead atoms. The standard InChI is InChI=1S/C16H14ClN3O/c1-2-20-15-8-12(17)5-6-13(15)19-14(9-16(20)21)11-4-3-7-18-10-11/h3-8,10H,2,9H2,1H3. The third kappa shape index (κ3) is 2.67. The van der Waals surface area contributed by atoms with E-state index in [9.17, 15) is 4.79 Å². The summed E-state index contributed by atoms with van der Waals surface area (Å²) in [4.78, 5) is 23.0. The van der Waals surface area contributed by atoms with Crippen LogP contribution in [0.5, 0.6) is 0 Å². The minimum absolute atomic E-state index is 0.0149. The molecule has 1 aliphatic rings. The smallest absolute Gasteiger partial charge is 0.233 e. The van der Waals surface area contributed by atoms with Crippen LogP contribution in [0, 0.1) is 0 Å². The molecule has 1 amide bonds. The van der Waals surface area contributed by atoms with Gasteiger partial charge in [0.1, 0.15) is 0 Å². The van der Waals surface area contributed by atoms with Gasteiger partial charge in [-0.25, -0.2) is 0 Å². The highest BCUT2D eigenvalue weighted by Gasteiger charge is 2.24. The molecule has 5 heteroatoms. The van der Waals surface area contributed by atoms with Crippen LogP contribution in [0.3, 0.4) is 0 Å². The van der Waals surface area contributed by atoms with Crippen LogP contribution >= 0.6 is 11.6 Å². The van der Waals surface area contributed by atoms with Crippen LogP contribution in [0.25, 0.3) is 0 Å². The molecule has 0 saturated carbocycles. The van der Waals surface area contributed by atoms with Crippen LogP contribution in [0.4, 0.5) is 11.4 Å². The molecule has 21 heavy (non-hydrogen) atoms. The van der Waals surface area contributed by atoms with E-state index < -0.39 is 0 Å². The van der Waals surface area contributed by atoms with Gasteiger partial charge in [-0.15, -0.1) is 0 Å². The average molecular weight is 300 g/mol. The van der Waals surface area contributed by atoms with Gasteiger partial charge >= 0.3 is 0 Å². The van der Waals surface area contributed by atoms with Gasteiger partial charge in [0.25, 0.3) is 0 Å². The van der Waals surface area contributed by atoms with Crippen LogP contribution in [-0.4, -0.2) is 23.1 Å². The van der Waals surface area contributed by atoms with Crippen LogP contribution in [0.1, 0.15) is 18.9 Å². The zero-order chi connectivity index (χ0) is 14.8. The molecule has 0 unspecified atom stereocenters. The van der Waals surface area contributed by atoms with E-state index in [-0.39, 0.29) is 12.3 Å². The number of anilines is 1. The molecular formula is C16H14ClN3O. The first-order chi connectivity index (χ1) is 10.2. The number of halogens is 1. The first-order valence-corrected chi connectivity index (χ1v) is 7.14. The van der Waals surface area contributed by atoms with Gasteiger partial charge in [0, 0.05) is 29.5 Å². The number of pyridine rings is 1. The predicted molar refractivity (Wildman–Crippen MR) is 84.5 cm³/mol. The molecule has 3 rings (SSSR count). The third-order valence-electron chi connectivity index (χ3n) is 3.41. The zero-order valence-corrected chi connectivity index (χ0v) is 12.3. The van der Waals surface area contributed by atoms with Crippen molar-refractivity contribution in [3.8, 4) is 0 Å². The molecule has 0 atom stereocenters. The Morgan fingerprint density at radius 3 is 2.90 bits per heavy atom. The Morgan fingerprint density at radius 2 is 2.19 bits per heavy atom. The summed E-state index contributed by atoms with van der Waals surface area (Å²) in [5.74, 6) is 0.0149. The van der Waals surface area contributed by atoms with Crippen molar-refractivity contribution in [1.29, 1.82) is 0 Å². The van der Waals surface area contributed by atoms with E-state index in [4.69, 9.17) is 11.6 Å². The van der Waals surface area contributed by atoms with Gasteiger partial charge in [0.15, 0.2) is 0 Å². The Labute approximate surface area is 128 Å². The van der Waals surface area contributed by atoms with Crippen molar-refractivity contribution in [3.63, 3.8) is 0 Å². The number of hydrogen-bond acceptors (Lipinski definition) is 3. The Balaban J connectivity index is 2.15. The molecule has 0 radical (unpaired) electrons. The Hall–Kier alpha value is -2.20. The number of nitrogens with zero attached hydrogens (tertiary/aromatic N) is 3. The Bertz CT molecular complexity index is 713. The average Bonchev–Trinajstić information content (AvgIpc) is 2.63. The number of benzene rings is 1. The summed E-state index contributed by atoms with van der Waals surface area (Å²) in [7, 11) is 0. The quantitative estimate of drug-likeness (QED) is 0.850. The van der Waals surface area contributed by atoms with Gasteiger partial charge in [-0.2, -0.15) is 0 Å². The number of carbonyl (C=O) groups excluding carboxylic acids is 1. The predicted octanol–water partition coefficient (Wildman–Crippen LogP) is 3.61. The van der Waals surface area contributed by atoms with E-state index in [0.29, 0.717) is 11.6 Å². The normalized spacial score (nSPS) is 14.5. The lowest BCUT2D eigenvalue weighted by molar-refractivity contribution is -0.117. The number of carbonyl (C=O) groups is 1. The third-order valence-corrected chi connectivity index (χ3v) is 3.65. The van der Waals surface area contributed by atoms with Crippen molar-refractivity contribution in [1.82, 2.24) is 4.98 Å². The maximum atomic E-state index is 12.5. The fourth-order valence-corrected chi connectivity index (χ4v) is 2.58.